The average molecular weight is 314 g/mol. The Morgan fingerprint density at radius 1 is 1.38 bits per heavy atom. The van der Waals surface area contributed by atoms with Gasteiger partial charge in [-0.15, -0.1) is 0 Å². The van der Waals surface area contributed by atoms with Crippen molar-refractivity contribution in [3.8, 4) is 0 Å². The van der Waals surface area contributed by atoms with Gasteiger partial charge < -0.3 is 5.32 Å². The highest BCUT2D eigenvalue weighted by Gasteiger charge is 2.23. The largest absolute Gasteiger partial charge is 0.349 e. The molecule has 2 rings (SSSR count). The Bertz CT molecular complexity index is 646. The Labute approximate surface area is 123 Å². The molecule has 0 spiro atoms. The first-order valence-electron chi connectivity index (χ1n) is 6.90. The van der Waals surface area contributed by atoms with E-state index in [2.05, 4.69) is 12.2 Å². The maximum absolute atomic E-state index is 13.7. The summed E-state index contributed by atoms with van der Waals surface area (Å²) in [5.74, 6) is -0.842. The molecule has 2 unspecified atom stereocenters. The van der Waals surface area contributed by atoms with Gasteiger partial charge in [0.1, 0.15) is 5.82 Å². The summed E-state index contributed by atoms with van der Waals surface area (Å²) in [5.41, 5.74) is -0.292. The Balaban J connectivity index is 2.18. The Morgan fingerprint density at radius 3 is 2.71 bits per heavy atom. The zero-order valence-electron chi connectivity index (χ0n) is 11.8. The van der Waals surface area contributed by atoms with E-state index in [1.807, 2.05) is 0 Å². The lowest BCUT2D eigenvalue weighted by atomic mass is 9.87. The fourth-order valence-electron chi connectivity index (χ4n) is 2.68. The van der Waals surface area contributed by atoms with E-state index in [0.717, 1.165) is 43.9 Å². The predicted molar refractivity (Wildman–Crippen MR) is 76.7 cm³/mol. The lowest BCUT2D eigenvalue weighted by molar-refractivity contribution is 0.0917. The lowest BCUT2D eigenvalue weighted by Crippen LogP contribution is -2.38. The lowest BCUT2D eigenvalue weighted by Gasteiger charge is -2.27. The van der Waals surface area contributed by atoms with Crippen LogP contribution < -0.4 is 10.5 Å². The summed E-state index contributed by atoms with van der Waals surface area (Å²) < 4.78 is 36.3. The van der Waals surface area contributed by atoms with Gasteiger partial charge in [-0.25, -0.2) is 17.9 Å². The van der Waals surface area contributed by atoms with Crippen LogP contribution in [0.1, 0.15) is 43.0 Å². The fourth-order valence-corrected chi connectivity index (χ4v) is 3.22. The summed E-state index contributed by atoms with van der Waals surface area (Å²) in [6.07, 6.45) is 3.85. The molecule has 116 valence electrons. The minimum atomic E-state index is -3.96. The molecule has 1 saturated carbocycles. The van der Waals surface area contributed by atoms with Gasteiger partial charge in [0.25, 0.3) is 5.91 Å². The van der Waals surface area contributed by atoms with Crippen LogP contribution in [-0.4, -0.2) is 20.4 Å². The molecule has 1 aliphatic carbocycles. The van der Waals surface area contributed by atoms with Crippen molar-refractivity contribution in [2.45, 2.75) is 43.5 Å². The maximum Gasteiger partial charge on any atom is 0.254 e. The number of hydrogen-bond acceptors (Lipinski definition) is 3. The minimum absolute atomic E-state index is 0.00112. The SMILES string of the molecule is CC1CCCC(NC(=O)c2cc(S(N)(=O)=O)ccc2F)C1. The van der Waals surface area contributed by atoms with E-state index in [-0.39, 0.29) is 16.5 Å². The molecule has 7 heteroatoms. The third-order valence-corrected chi connectivity index (χ3v) is 4.69. The molecule has 0 aromatic heterocycles. The fraction of sp³-hybridized carbons (Fsp3) is 0.500. The number of rotatable bonds is 3. The number of amides is 1. The monoisotopic (exact) mass is 314 g/mol. The molecular formula is C14H19FN2O3S. The Morgan fingerprint density at radius 2 is 2.10 bits per heavy atom. The maximum atomic E-state index is 13.7. The molecular weight excluding hydrogens is 295 g/mol. The van der Waals surface area contributed by atoms with E-state index in [4.69, 9.17) is 5.14 Å². The molecule has 0 bridgehead atoms. The second kappa shape index (κ2) is 6.11. The van der Waals surface area contributed by atoms with Gasteiger partial charge in [-0.2, -0.15) is 0 Å². The molecule has 0 heterocycles. The molecule has 1 amide bonds. The first kappa shape index (κ1) is 15.9. The van der Waals surface area contributed by atoms with Crippen LogP contribution in [0.5, 0.6) is 0 Å². The second-order valence-corrected chi connectivity index (χ2v) is 7.19. The van der Waals surface area contributed by atoms with Crippen molar-refractivity contribution >= 4 is 15.9 Å². The van der Waals surface area contributed by atoms with Gasteiger partial charge in [0.15, 0.2) is 0 Å². The van der Waals surface area contributed by atoms with Crippen LogP contribution >= 0.6 is 0 Å². The number of halogens is 1. The molecule has 2 atom stereocenters. The molecule has 1 aromatic carbocycles. The normalized spacial score (nSPS) is 22.8. The molecule has 0 saturated heterocycles. The zero-order valence-corrected chi connectivity index (χ0v) is 12.6. The molecule has 1 aliphatic rings. The second-order valence-electron chi connectivity index (χ2n) is 5.63. The number of nitrogens with two attached hydrogens (primary N) is 1. The summed E-state index contributed by atoms with van der Waals surface area (Å²) in [7, 11) is -3.96. The van der Waals surface area contributed by atoms with E-state index >= 15 is 0 Å². The van der Waals surface area contributed by atoms with Gasteiger partial charge >= 0.3 is 0 Å². The van der Waals surface area contributed by atoms with Crippen molar-refractivity contribution in [3.63, 3.8) is 0 Å². The van der Waals surface area contributed by atoms with Gasteiger partial charge in [0, 0.05) is 6.04 Å². The number of nitrogens with one attached hydrogen (secondary N) is 1. The van der Waals surface area contributed by atoms with Gasteiger partial charge in [-0.05, 0) is 37.0 Å². The van der Waals surface area contributed by atoms with Crippen molar-refractivity contribution in [2.24, 2.45) is 11.1 Å². The van der Waals surface area contributed by atoms with Crippen molar-refractivity contribution in [1.29, 1.82) is 0 Å². The third kappa shape index (κ3) is 4.01. The standard InChI is InChI=1S/C14H19FN2O3S/c1-9-3-2-4-10(7-9)17-14(18)12-8-11(21(16,19)20)5-6-13(12)15/h5-6,8-10H,2-4,7H2,1H3,(H,17,18)(H2,16,19,20). The van der Waals surface area contributed by atoms with Gasteiger partial charge in [-0.3, -0.25) is 4.79 Å². The summed E-state index contributed by atoms with van der Waals surface area (Å²) in [6.45, 7) is 2.11. The summed E-state index contributed by atoms with van der Waals surface area (Å²) >= 11 is 0. The molecule has 0 radical (unpaired) electrons. The average Bonchev–Trinajstić information content (AvgIpc) is 2.37. The van der Waals surface area contributed by atoms with Crippen LogP contribution in [0.25, 0.3) is 0 Å². The predicted octanol–water partition coefficient (Wildman–Crippen LogP) is 1.78. The minimum Gasteiger partial charge on any atom is -0.349 e. The van der Waals surface area contributed by atoms with E-state index < -0.39 is 21.7 Å². The van der Waals surface area contributed by atoms with Crippen LogP contribution in [0.15, 0.2) is 23.1 Å². The van der Waals surface area contributed by atoms with E-state index in [1.165, 1.54) is 0 Å². The van der Waals surface area contributed by atoms with E-state index in [1.54, 1.807) is 0 Å². The highest BCUT2D eigenvalue weighted by molar-refractivity contribution is 7.89. The van der Waals surface area contributed by atoms with Crippen molar-refractivity contribution < 1.29 is 17.6 Å². The van der Waals surface area contributed by atoms with Crippen LogP contribution in [0.4, 0.5) is 4.39 Å². The number of hydrogen-bond donors (Lipinski definition) is 2. The first-order chi connectivity index (χ1) is 9.77. The van der Waals surface area contributed by atoms with Gasteiger partial charge in [-0.1, -0.05) is 19.8 Å². The van der Waals surface area contributed by atoms with Crippen molar-refractivity contribution in [2.75, 3.05) is 0 Å². The quantitative estimate of drug-likeness (QED) is 0.891. The Hall–Kier alpha value is -1.47. The van der Waals surface area contributed by atoms with Crippen LogP contribution in [0.2, 0.25) is 0 Å². The first-order valence-corrected chi connectivity index (χ1v) is 8.45. The molecule has 1 fully saturated rings. The molecule has 0 aliphatic heterocycles. The molecule has 21 heavy (non-hydrogen) atoms. The van der Waals surface area contributed by atoms with Crippen molar-refractivity contribution in [1.82, 2.24) is 5.32 Å². The third-order valence-electron chi connectivity index (χ3n) is 3.78. The summed E-state index contributed by atoms with van der Waals surface area (Å²) in [6, 6.07) is 2.97. The smallest absolute Gasteiger partial charge is 0.254 e. The van der Waals surface area contributed by atoms with Crippen LogP contribution in [-0.2, 0) is 10.0 Å². The van der Waals surface area contributed by atoms with Crippen LogP contribution in [0, 0.1) is 11.7 Å². The van der Waals surface area contributed by atoms with E-state index in [9.17, 15) is 17.6 Å². The highest BCUT2D eigenvalue weighted by atomic mass is 32.2. The number of carbonyl (C=O) groups excluding carboxylic acids is 1. The molecule has 3 N–H and O–H groups in total. The number of sulfonamides is 1. The topological polar surface area (TPSA) is 89.3 Å². The van der Waals surface area contributed by atoms with Crippen molar-refractivity contribution in [3.05, 3.63) is 29.6 Å². The van der Waals surface area contributed by atoms with E-state index in [0.29, 0.717) is 5.92 Å². The highest BCUT2D eigenvalue weighted by Crippen LogP contribution is 2.24. The molecule has 5 nitrogen and oxygen atoms in total. The van der Waals surface area contributed by atoms with Crippen LogP contribution in [0.3, 0.4) is 0 Å². The Kier molecular flexibility index (Phi) is 4.63. The number of carbonyl (C=O) groups is 1. The summed E-state index contributed by atoms with van der Waals surface area (Å²) in [4.78, 5) is 11.9. The summed E-state index contributed by atoms with van der Waals surface area (Å²) in [5, 5.41) is 7.77. The number of primary sulfonamides is 1. The van der Waals surface area contributed by atoms with Gasteiger partial charge in [0.05, 0.1) is 10.5 Å². The zero-order chi connectivity index (χ0) is 15.6. The molecule has 1 aromatic rings. The van der Waals surface area contributed by atoms with Gasteiger partial charge in [0.2, 0.25) is 10.0 Å². The number of benzene rings is 1.